The van der Waals surface area contributed by atoms with Gasteiger partial charge < -0.3 is 9.29 Å². The van der Waals surface area contributed by atoms with Crippen LogP contribution in [0.5, 0.6) is 0 Å². The molecule has 0 fully saturated rings. The quantitative estimate of drug-likeness (QED) is 0.223. The van der Waals surface area contributed by atoms with E-state index in [9.17, 15) is 0 Å². The summed E-state index contributed by atoms with van der Waals surface area (Å²) in [6.07, 6.45) is 4.16. The Kier molecular flexibility index (Phi) is 11.1. The molecule has 1 N–H and O–H groups in total. The van der Waals surface area contributed by atoms with Crippen LogP contribution >= 0.6 is 42.7 Å². The van der Waals surface area contributed by atoms with Gasteiger partial charge in [0, 0.05) is 35.6 Å². The average Bonchev–Trinajstić information content (AvgIpc) is 2.22. The SMILES string of the molecule is CC(C)(CO)COSPSC/C=C/CS. The van der Waals surface area contributed by atoms with Crippen LogP contribution < -0.4 is 0 Å². The molecule has 0 radical (unpaired) electrons. The summed E-state index contributed by atoms with van der Waals surface area (Å²) in [5.74, 6) is 1.82. The second-order valence-corrected chi connectivity index (χ2v) is 8.64. The molecule has 0 aromatic rings. The Balaban J connectivity index is 3.22. The van der Waals surface area contributed by atoms with Gasteiger partial charge in [0.1, 0.15) is 0 Å². The van der Waals surface area contributed by atoms with Gasteiger partial charge in [-0.3, -0.25) is 0 Å². The topological polar surface area (TPSA) is 29.5 Å². The van der Waals surface area contributed by atoms with Crippen LogP contribution in [0.1, 0.15) is 13.8 Å². The lowest BCUT2D eigenvalue weighted by Gasteiger charge is -2.19. The molecule has 0 aliphatic rings. The molecule has 2 nitrogen and oxygen atoms in total. The number of hydrogen-bond donors (Lipinski definition) is 2. The minimum atomic E-state index is -0.131. The second kappa shape index (κ2) is 10.3. The minimum Gasteiger partial charge on any atom is -0.396 e. The van der Waals surface area contributed by atoms with E-state index in [1.54, 1.807) is 0 Å². The van der Waals surface area contributed by atoms with Gasteiger partial charge in [-0.2, -0.15) is 12.6 Å². The highest BCUT2D eigenvalue weighted by atomic mass is 33.1. The molecule has 0 heterocycles. The highest BCUT2D eigenvalue weighted by Gasteiger charge is 2.16. The van der Waals surface area contributed by atoms with Crippen molar-refractivity contribution >= 4 is 42.7 Å². The van der Waals surface area contributed by atoms with Crippen LogP contribution in [0.15, 0.2) is 12.2 Å². The van der Waals surface area contributed by atoms with Gasteiger partial charge in [0.15, 0.2) is 0 Å². The van der Waals surface area contributed by atoms with Crippen LogP contribution in [0, 0.1) is 5.41 Å². The van der Waals surface area contributed by atoms with Crippen molar-refractivity contribution in [2.75, 3.05) is 24.7 Å². The van der Waals surface area contributed by atoms with Gasteiger partial charge in [-0.15, -0.1) is 11.4 Å². The number of rotatable bonds is 9. The average molecular weight is 286 g/mol. The lowest BCUT2D eigenvalue weighted by molar-refractivity contribution is 0.109. The van der Waals surface area contributed by atoms with Crippen molar-refractivity contribution in [2.45, 2.75) is 13.8 Å². The van der Waals surface area contributed by atoms with E-state index >= 15 is 0 Å². The van der Waals surface area contributed by atoms with Gasteiger partial charge in [0.25, 0.3) is 0 Å². The molecular formula is C9H19O2PS3. The Morgan fingerprint density at radius 2 is 2.20 bits per heavy atom. The molecule has 0 bridgehead atoms. The zero-order chi connectivity index (χ0) is 11.6. The van der Waals surface area contributed by atoms with Gasteiger partial charge in [-0.05, 0) is 0 Å². The Morgan fingerprint density at radius 3 is 2.80 bits per heavy atom. The van der Waals surface area contributed by atoms with Gasteiger partial charge in [0.05, 0.1) is 13.2 Å². The van der Waals surface area contributed by atoms with Crippen molar-refractivity contribution < 1.29 is 9.29 Å². The third kappa shape index (κ3) is 11.4. The summed E-state index contributed by atoms with van der Waals surface area (Å²) in [5.41, 5.74) is -0.131. The fourth-order valence-electron chi connectivity index (χ4n) is 0.507. The molecule has 0 aromatic carbocycles. The van der Waals surface area contributed by atoms with Gasteiger partial charge in [0.2, 0.25) is 0 Å². The van der Waals surface area contributed by atoms with Gasteiger partial charge in [-0.25, -0.2) is 0 Å². The number of hydrogen-bond acceptors (Lipinski definition) is 5. The summed E-state index contributed by atoms with van der Waals surface area (Å²) in [7, 11) is 0. The maximum absolute atomic E-state index is 8.99. The predicted octanol–water partition coefficient (Wildman–Crippen LogP) is 3.40. The molecule has 0 spiro atoms. The predicted molar refractivity (Wildman–Crippen MR) is 78.2 cm³/mol. The smallest absolute Gasteiger partial charge is 0.0691 e. The number of thiol groups is 1. The first-order valence-corrected chi connectivity index (χ1v) is 9.45. The van der Waals surface area contributed by atoms with Crippen molar-refractivity contribution in [3.8, 4) is 0 Å². The van der Waals surface area contributed by atoms with Crippen LogP contribution in [0.4, 0.5) is 0 Å². The van der Waals surface area contributed by atoms with Crippen molar-refractivity contribution in [3.05, 3.63) is 12.2 Å². The standard InChI is InChI=1S/C9H19O2PS3/c1-9(2,7-10)8-11-15-12-14-6-4-3-5-13/h3-4,10,12-13H,5-8H2,1-2H3/b4-3+. The molecule has 0 aliphatic carbocycles. The summed E-state index contributed by atoms with van der Waals surface area (Å²) in [6.45, 7) is 5.41. The van der Waals surface area contributed by atoms with E-state index in [0.717, 1.165) is 11.5 Å². The highest BCUT2D eigenvalue weighted by molar-refractivity contribution is 8.81. The molecule has 6 heteroatoms. The molecule has 15 heavy (non-hydrogen) atoms. The molecular weight excluding hydrogens is 267 g/mol. The van der Waals surface area contributed by atoms with Crippen LogP contribution in [0.2, 0.25) is 0 Å². The molecule has 1 atom stereocenters. The summed E-state index contributed by atoms with van der Waals surface area (Å²) >= 11 is 7.39. The highest BCUT2D eigenvalue weighted by Crippen LogP contribution is 2.43. The molecule has 0 saturated carbocycles. The summed E-state index contributed by atoms with van der Waals surface area (Å²) < 4.78 is 5.40. The van der Waals surface area contributed by atoms with E-state index in [2.05, 4.69) is 18.7 Å². The Hall–Kier alpha value is 1.14. The molecule has 0 rings (SSSR count). The Morgan fingerprint density at radius 1 is 1.47 bits per heavy atom. The van der Waals surface area contributed by atoms with E-state index < -0.39 is 0 Å². The first-order valence-electron chi connectivity index (χ1n) is 4.64. The molecule has 0 aromatic heterocycles. The maximum Gasteiger partial charge on any atom is 0.0691 e. The lowest BCUT2D eigenvalue weighted by Crippen LogP contribution is -2.21. The summed E-state index contributed by atoms with van der Waals surface area (Å²) in [6, 6.07) is 0. The molecule has 0 amide bonds. The fourth-order valence-corrected chi connectivity index (χ4v) is 3.87. The van der Waals surface area contributed by atoms with Crippen molar-refractivity contribution in [1.29, 1.82) is 0 Å². The number of aliphatic hydroxyl groups excluding tert-OH is 1. The number of aliphatic hydroxyl groups is 1. The molecule has 0 aliphatic heterocycles. The third-order valence-corrected chi connectivity index (χ3v) is 5.56. The Bertz CT molecular complexity index is 177. The molecule has 0 saturated heterocycles. The first kappa shape index (κ1) is 16.1. The fraction of sp³-hybridized carbons (Fsp3) is 0.778. The summed E-state index contributed by atoms with van der Waals surface area (Å²) in [5, 5.41) is 8.99. The molecule has 90 valence electrons. The van der Waals surface area contributed by atoms with E-state index in [0.29, 0.717) is 13.6 Å². The van der Waals surface area contributed by atoms with Crippen molar-refractivity contribution in [1.82, 2.24) is 0 Å². The van der Waals surface area contributed by atoms with Crippen LogP contribution in [-0.2, 0) is 4.18 Å². The summed E-state index contributed by atoms with van der Waals surface area (Å²) in [4.78, 5) is 0. The monoisotopic (exact) mass is 286 g/mol. The van der Waals surface area contributed by atoms with Crippen LogP contribution in [-0.4, -0.2) is 29.8 Å². The zero-order valence-corrected chi connectivity index (χ0v) is 12.6. The first-order chi connectivity index (χ1) is 7.12. The van der Waals surface area contributed by atoms with E-state index in [1.807, 2.05) is 31.3 Å². The third-order valence-electron chi connectivity index (χ3n) is 1.48. The maximum atomic E-state index is 8.99. The van der Waals surface area contributed by atoms with Crippen LogP contribution in [0.25, 0.3) is 0 Å². The van der Waals surface area contributed by atoms with Crippen LogP contribution in [0.3, 0.4) is 0 Å². The van der Waals surface area contributed by atoms with Gasteiger partial charge in [-0.1, -0.05) is 26.0 Å². The normalized spacial score (nSPS) is 13.3. The largest absolute Gasteiger partial charge is 0.396 e. The zero-order valence-electron chi connectivity index (χ0n) is 9.10. The van der Waals surface area contributed by atoms with E-state index in [1.165, 1.54) is 11.7 Å². The lowest BCUT2D eigenvalue weighted by atomic mass is 9.97. The second-order valence-electron chi connectivity index (χ2n) is 3.72. The van der Waals surface area contributed by atoms with Crippen molar-refractivity contribution in [3.63, 3.8) is 0 Å². The Labute approximate surface area is 108 Å². The van der Waals surface area contributed by atoms with Gasteiger partial charge >= 0.3 is 0 Å². The van der Waals surface area contributed by atoms with E-state index in [4.69, 9.17) is 9.29 Å². The van der Waals surface area contributed by atoms with E-state index in [-0.39, 0.29) is 12.0 Å². The van der Waals surface area contributed by atoms with Crippen molar-refractivity contribution in [2.24, 2.45) is 5.41 Å². The minimum absolute atomic E-state index is 0.131. The molecule has 1 unspecified atom stereocenters.